The molecule has 0 bridgehead atoms. The predicted octanol–water partition coefficient (Wildman–Crippen LogP) is 3.67. The third-order valence-electron chi connectivity index (χ3n) is 4.85. The number of carbonyl (C=O) groups excluding carboxylic acids is 1. The second kappa shape index (κ2) is 10.6. The highest BCUT2D eigenvalue weighted by molar-refractivity contribution is 8.00. The van der Waals surface area contributed by atoms with Crippen LogP contribution in [0.25, 0.3) is 0 Å². The first kappa shape index (κ1) is 20.8. The van der Waals surface area contributed by atoms with Crippen molar-refractivity contribution in [1.82, 2.24) is 9.80 Å². The Bertz CT molecular complexity index is 736. The van der Waals surface area contributed by atoms with Gasteiger partial charge < -0.3 is 9.64 Å². The monoisotopic (exact) mass is 402 g/mol. The minimum atomic E-state index is -0.263. The van der Waals surface area contributed by atoms with Gasteiger partial charge in [0.15, 0.2) is 0 Å². The molecule has 2 aromatic carbocycles. The summed E-state index contributed by atoms with van der Waals surface area (Å²) >= 11 is 1.45. The number of morpholine rings is 1. The third kappa shape index (κ3) is 6.33. The van der Waals surface area contributed by atoms with E-state index >= 15 is 0 Å². The number of nitrogens with zero attached hydrogens (tertiary/aromatic N) is 2. The summed E-state index contributed by atoms with van der Waals surface area (Å²) in [6.45, 7) is 6.85. The fraction of sp³-hybridized carbons (Fsp3) is 0.409. The molecule has 0 aliphatic carbocycles. The molecule has 0 radical (unpaired) electrons. The summed E-state index contributed by atoms with van der Waals surface area (Å²) in [5.74, 6) is 0.172. The molecule has 0 aromatic heterocycles. The second-order valence-electron chi connectivity index (χ2n) is 7.01. The van der Waals surface area contributed by atoms with E-state index in [0.717, 1.165) is 43.3 Å². The summed E-state index contributed by atoms with van der Waals surface area (Å²) in [6.07, 6.45) is 0. The van der Waals surface area contributed by atoms with Crippen LogP contribution in [0.3, 0.4) is 0 Å². The number of amides is 1. The second-order valence-corrected chi connectivity index (χ2v) is 8.06. The van der Waals surface area contributed by atoms with E-state index in [9.17, 15) is 9.18 Å². The van der Waals surface area contributed by atoms with Crippen LogP contribution in [-0.2, 0) is 16.1 Å². The average molecular weight is 403 g/mol. The maximum absolute atomic E-state index is 13.1. The molecule has 0 spiro atoms. The van der Waals surface area contributed by atoms with Crippen LogP contribution in [0.4, 0.5) is 4.39 Å². The molecular weight excluding hydrogens is 375 g/mol. The van der Waals surface area contributed by atoms with E-state index in [4.69, 9.17) is 4.74 Å². The fourth-order valence-electron chi connectivity index (χ4n) is 3.28. The van der Waals surface area contributed by atoms with Crippen molar-refractivity contribution in [2.75, 3.05) is 38.6 Å². The molecule has 6 heteroatoms. The van der Waals surface area contributed by atoms with E-state index in [2.05, 4.69) is 24.0 Å². The minimum Gasteiger partial charge on any atom is -0.379 e. The van der Waals surface area contributed by atoms with Gasteiger partial charge in [-0.15, -0.1) is 11.8 Å². The van der Waals surface area contributed by atoms with Crippen LogP contribution in [-0.4, -0.2) is 60.3 Å². The number of thioether (sulfide) groups is 1. The molecule has 3 rings (SSSR count). The van der Waals surface area contributed by atoms with Crippen LogP contribution in [0.5, 0.6) is 0 Å². The maximum atomic E-state index is 13.1. The lowest BCUT2D eigenvalue weighted by molar-refractivity contribution is -0.131. The molecule has 2 aromatic rings. The largest absolute Gasteiger partial charge is 0.379 e. The first-order chi connectivity index (χ1) is 13.6. The van der Waals surface area contributed by atoms with Crippen LogP contribution in [0.15, 0.2) is 59.5 Å². The average Bonchev–Trinajstić information content (AvgIpc) is 2.73. The van der Waals surface area contributed by atoms with Gasteiger partial charge in [-0.25, -0.2) is 4.39 Å². The molecule has 1 atom stereocenters. The number of hydrogen-bond acceptors (Lipinski definition) is 4. The van der Waals surface area contributed by atoms with Gasteiger partial charge in [-0.1, -0.05) is 30.3 Å². The summed E-state index contributed by atoms with van der Waals surface area (Å²) in [5, 5.41) is 0. The van der Waals surface area contributed by atoms with E-state index in [0.29, 0.717) is 12.3 Å². The van der Waals surface area contributed by atoms with Gasteiger partial charge in [0.05, 0.1) is 19.0 Å². The van der Waals surface area contributed by atoms with E-state index in [1.807, 2.05) is 23.1 Å². The number of halogens is 1. The highest BCUT2D eigenvalue weighted by Gasteiger charge is 2.23. The molecule has 1 amide bonds. The van der Waals surface area contributed by atoms with Crippen molar-refractivity contribution < 1.29 is 13.9 Å². The SMILES string of the molecule is CC(CN1CCOCC1)N(Cc1ccccc1)C(=O)CSc1ccc(F)cc1. The molecule has 1 fully saturated rings. The van der Waals surface area contributed by atoms with Gasteiger partial charge in [0, 0.05) is 37.1 Å². The Kier molecular flexibility index (Phi) is 7.89. The molecule has 150 valence electrons. The molecule has 0 N–H and O–H groups in total. The van der Waals surface area contributed by atoms with Gasteiger partial charge in [-0.3, -0.25) is 9.69 Å². The number of ether oxygens (including phenoxy) is 1. The number of benzene rings is 2. The lowest BCUT2D eigenvalue weighted by Gasteiger charge is -2.35. The van der Waals surface area contributed by atoms with E-state index in [1.165, 1.54) is 23.9 Å². The normalized spacial score (nSPS) is 15.9. The zero-order valence-corrected chi connectivity index (χ0v) is 17.0. The van der Waals surface area contributed by atoms with Crippen molar-refractivity contribution >= 4 is 17.7 Å². The Hall–Kier alpha value is -1.89. The zero-order chi connectivity index (χ0) is 19.8. The molecule has 0 saturated carbocycles. The van der Waals surface area contributed by atoms with Crippen LogP contribution in [0, 0.1) is 5.82 Å². The molecule has 1 aliphatic rings. The Labute approximate surface area is 170 Å². The molecule has 4 nitrogen and oxygen atoms in total. The minimum absolute atomic E-state index is 0.0962. The lowest BCUT2D eigenvalue weighted by atomic mass is 10.1. The summed E-state index contributed by atoms with van der Waals surface area (Å²) in [6, 6.07) is 16.5. The molecule has 1 saturated heterocycles. The van der Waals surface area contributed by atoms with Gasteiger partial charge in [0.1, 0.15) is 5.82 Å². The van der Waals surface area contributed by atoms with Crippen molar-refractivity contribution in [1.29, 1.82) is 0 Å². The Morgan fingerprint density at radius 3 is 2.50 bits per heavy atom. The van der Waals surface area contributed by atoms with Crippen LogP contribution >= 0.6 is 11.8 Å². The summed E-state index contributed by atoms with van der Waals surface area (Å²) in [5.41, 5.74) is 1.12. The van der Waals surface area contributed by atoms with Crippen molar-refractivity contribution in [3.63, 3.8) is 0 Å². The number of carbonyl (C=O) groups is 1. The van der Waals surface area contributed by atoms with E-state index < -0.39 is 0 Å². The highest BCUT2D eigenvalue weighted by atomic mass is 32.2. The summed E-state index contributed by atoms with van der Waals surface area (Å²) < 4.78 is 18.5. The zero-order valence-electron chi connectivity index (χ0n) is 16.2. The van der Waals surface area contributed by atoms with Gasteiger partial charge in [-0.05, 0) is 36.8 Å². The van der Waals surface area contributed by atoms with E-state index in [1.54, 1.807) is 12.1 Å². The van der Waals surface area contributed by atoms with Crippen LogP contribution < -0.4 is 0 Å². The first-order valence-electron chi connectivity index (χ1n) is 9.63. The number of hydrogen-bond donors (Lipinski definition) is 0. The highest BCUT2D eigenvalue weighted by Crippen LogP contribution is 2.20. The Balaban J connectivity index is 1.64. The molecule has 1 heterocycles. The van der Waals surface area contributed by atoms with Gasteiger partial charge in [0.2, 0.25) is 5.91 Å². The lowest BCUT2D eigenvalue weighted by Crippen LogP contribution is -2.48. The number of rotatable bonds is 8. The molecule has 1 unspecified atom stereocenters. The fourth-order valence-corrected chi connectivity index (χ4v) is 4.07. The quantitative estimate of drug-likeness (QED) is 0.631. The van der Waals surface area contributed by atoms with Crippen molar-refractivity contribution in [2.24, 2.45) is 0 Å². The van der Waals surface area contributed by atoms with E-state index in [-0.39, 0.29) is 17.8 Å². The Morgan fingerprint density at radius 1 is 1.14 bits per heavy atom. The van der Waals surface area contributed by atoms with Crippen molar-refractivity contribution in [3.8, 4) is 0 Å². The van der Waals surface area contributed by atoms with Crippen LogP contribution in [0.1, 0.15) is 12.5 Å². The standard InChI is InChI=1S/C22H27FN2O2S/c1-18(15-24-11-13-27-14-12-24)25(16-19-5-3-2-4-6-19)22(26)17-28-21-9-7-20(23)8-10-21/h2-10,18H,11-17H2,1H3. The van der Waals surface area contributed by atoms with Crippen molar-refractivity contribution in [3.05, 3.63) is 66.0 Å². The summed E-state index contributed by atoms with van der Waals surface area (Å²) in [7, 11) is 0. The molecular formula is C22H27FN2O2S. The van der Waals surface area contributed by atoms with Crippen molar-refractivity contribution in [2.45, 2.75) is 24.4 Å². The van der Waals surface area contributed by atoms with Gasteiger partial charge in [-0.2, -0.15) is 0 Å². The Morgan fingerprint density at radius 2 is 1.82 bits per heavy atom. The topological polar surface area (TPSA) is 32.8 Å². The summed E-state index contributed by atoms with van der Waals surface area (Å²) in [4.78, 5) is 18.3. The smallest absolute Gasteiger partial charge is 0.233 e. The first-order valence-corrected chi connectivity index (χ1v) is 10.6. The predicted molar refractivity (Wildman–Crippen MR) is 111 cm³/mol. The van der Waals surface area contributed by atoms with Crippen LogP contribution in [0.2, 0.25) is 0 Å². The maximum Gasteiger partial charge on any atom is 0.233 e. The van der Waals surface area contributed by atoms with Gasteiger partial charge >= 0.3 is 0 Å². The molecule has 28 heavy (non-hydrogen) atoms. The van der Waals surface area contributed by atoms with Gasteiger partial charge in [0.25, 0.3) is 0 Å². The third-order valence-corrected chi connectivity index (χ3v) is 5.85. The molecule has 1 aliphatic heterocycles.